The summed E-state index contributed by atoms with van der Waals surface area (Å²) in [5.41, 5.74) is 8.80. The lowest BCUT2D eigenvalue weighted by atomic mass is 9.74. The van der Waals surface area contributed by atoms with Crippen LogP contribution in [0.5, 0.6) is 5.75 Å². The molecular formula is C32H33N3O3. The highest BCUT2D eigenvalue weighted by molar-refractivity contribution is 6.07. The number of hydrogen-bond acceptors (Lipinski definition) is 5. The average molecular weight is 508 g/mol. The van der Waals surface area contributed by atoms with Gasteiger partial charge in [0.1, 0.15) is 12.4 Å². The van der Waals surface area contributed by atoms with Crippen LogP contribution in [0.3, 0.4) is 0 Å². The Hall–Kier alpha value is -3.64. The van der Waals surface area contributed by atoms with Crippen molar-refractivity contribution in [1.29, 1.82) is 0 Å². The first kappa shape index (κ1) is 23.5. The first-order valence-corrected chi connectivity index (χ1v) is 13.7. The Labute approximate surface area is 223 Å². The second-order valence-corrected chi connectivity index (χ2v) is 11.2. The number of carbonyl (C=O) groups excluding carboxylic acids is 1. The van der Waals surface area contributed by atoms with E-state index in [1.165, 1.54) is 11.1 Å². The van der Waals surface area contributed by atoms with Gasteiger partial charge in [0.2, 0.25) is 5.90 Å². The maximum atomic E-state index is 13.7. The maximum Gasteiger partial charge on any atom is 0.258 e. The standard InChI is InChI=1S/C32H33N3O3/c1-21-17-25(30-33-12-16-37-30)7-8-26(21)22-3-5-23(6-4-22)31(36)35-13-9-24-18-29-27(19-28(24)35)32(20-38-29)10-14-34(2)15-11-32/h3-8,17-19H,9-16,20H2,1-2H3. The van der Waals surface area contributed by atoms with E-state index in [0.717, 1.165) is 90.7 Å². The number of hydrogen-bond donors (Lipinski definition) is 0. The van der Waals surface area contributed by atoms with Gasteiger partial charge in [0.15, 0.2) is 0 Å². The number of piperidine rings is 1. The molecule has 38 heavy (non-hydrogen) atoms. The van der Waals surface area contributed by atoms with E-state index in [9.17, 15) is 4.79 Å². The molecule has 3 aromatic carbocycles. The molecule has 0 radical (unpaired) electrons. The molecule has 4 aliphatic heterocycles. The molecule has 7 rings (SSSR count). The molecule has 0 aromatic heterocycles. The number of rotatable bonds is 3. The lowest BCUT2D eigenvalue weighted by Crippen LogP contribution is -2.42. The van der Waals surface area contributed by atoms with Crippen molar-refractivity contribution in [2.75, 3.05) is 51.3 Å². The third-order valence-corrected chi connectivity index (χ3v) is 8.84. The number of aryl methyl sites for hydroxylation is 1. The fourth-order valence-corrected chi connectivity index (χ4v) is 6.49. The summed E-state index contributed by atoms with van der Waals surface area (Å²) in [6, 6.07) is 18.8. The Balaban J connectivity index is 1.13. The predicted molar refractivity (Wildman–Crippen MR) is 150 cm³/mol. The van der Waals surface area contributed by atoms with Gasteiger partial charge in [-0.1, -0.05) is 18.2 Å². The van der Waals surface area contributed by atoms with E-state index in [2.05, 4.69) is 66.3 Å². The van der Waals surface area contributed by atoms with Gasteiger partial charge in [0.25, 0.3) is 5.91 Å². The normalized spacial score (nSPS) is 19.6. The molecule has 0 saturated carbocycles. The molecule has 0 N–H and O–H groups in total. The lowest BCUT2D eigenvalue weighted by Gasteiger charge is -2.37. The number of benzene rings is 3. The molecule has 1 spiro atoms. The molecule has 194 valence electrons. The summed E-state index contributed by atoms with van der Waals surface area (Å²) in [7, 11) is 2.19. The SMILES string of the molecule is Cc1cc(C2=NCCO2)ccc1-c1ccc(C(=O)N2CCc3cc4c(cc32)C2(CCN(C)CC2)CO4)cc1. The Morgan fingerprint density at radius 1 is 0.947 bits per heavy atom. The number of carbonyl (C=O) groups is 1. The van der Waals surface area contributed by atoms with Crippen LogP contribution >= 0.6 is 0 Å². The van der Waals surface area contributed by atoms with Crippen molar-refractivity contribution in [2.45, 2.75) is 31.6 Å². The smallest absolute Gasteiger partial charge is 0.258 e. The van der Waals surface area contributed by atoms with Crippen molar-refractivity contribution in [2.24, 2.45) is 4.99 Å². The summed E-state index contributed by atoms with van der Waals surface area (Å²) < 4.78 is 11.8. The van der Waals surface area contributed by atoms with Gasteiger partial charge >= 0.3 is 0 Å². The van der Waals surface area contributed by atoms with Crippen LogP contribution in [0.25, 0.3) is 11.1 Å². The quantitative estimate of drug-likeness (QED) is 0.501. The van der Waals surface area contributed by atoms with Crippen molar-refractivity contribution in [3.05, 3.63) is 82.4 Å². The highest BCUT2D eigenvalue weighted by Crippen LogP contribution is 2.49. The minimum absolute atomic E-state index is 0.0649. The second-order valence-electron chi connectivity index (χ2n) is 11.2. The number of aliphatic imine (C=N–C) groups is 1. The van der Waals surface area contributed by atoms with E-state index >= 15 is 0 Å². The number of ether oxygens (including phenoxy) is 2. The van der Waals surface area contributed by atoms with Crippen LogP contribution in [0.4, 0.5) is 5.69 Å². The minimum Gasteiger partial charge on any atom is -0.492 e. The van der Waals surface area contributed by atoms with Gasteiger partial charge in [-0.3, -0.25) is 4.79 Å². The molecule has 6 nitrogen and oxygen atoms in total. The maximum absolute atomic E-state index is 13.7. The van der Waals surface area contributed by atoms with Crippen LogP contribution in [0.15, 0.2) is 59.6 Å². The first-order valence-electron chi connectivity index (χ1n) is 13.7. The number of likely N-dealkylation sites (tertiary alicyclic amines) is 1. The number of anilines is 1. The summed E-state index contributed by atoms with van der Waals surface area (Å²) in [4.78, 5) is 22.5. The Morgan fingerprint density at radius 3 is 2.47 bits per heavy atom. The zero-order valence-electron chi connectivity index (χ0n) is 22.1. The van der Waals surface area contributed by atoms with E-state index in [0.29, 0.717) is 13.2 Å². The average Bonchev–Trinajstić information content (AvgIpc) is 3.69. The topological polar surface area (TPSA) is 54.4 Å². The van der Waals surface area contributed by atoms with Crippen molar-refractivity contribution in [3.8, 4) is 16.9 Å². The molecule has 1 fully saturated rings. The molecule has 4 heterocycles. The Bertz CT molecular complexity index is 1450. The molecule has 0 bridgehead atoms. The molecule has 1 saturated heterocycles. The van der Waals surface area contributed by atoms with Gasteiger partial charge in [-0.05, 0) is 105 Å². The lowest BCUT2D eigenvalue weighted by molar-refractivity contribution is 0.0989. The highest BCUT2D eigenvalue weighted by atomic mass is 16.5. The van der Waals surface area contributed by atoms with Crippen LogP contribution in [0.2, 0.25) is 0 Å². The van der Waals surface area contributed by atoms with Crippen molar-refractivity contribution in [3.63, 3.8) is 0 Å². The Morgan fingerprint density at radius 2 is 1.74 bits per heavy atom. The third-order valence-electron chi connectivity index (χ3n) is 8.84. The van der Waals surface area contributed by atoms with Gasteiger partial charge in [0.05, 0.1) is 13.2 Å². The van der Waals surface area contributed by atoms with Crippen LogP contribution in [-0.2, 0) is 16.6 Å². The van der Waals surface area contributed by atoms with E-state index < -0.39 is 0 Å². The summed E-state index contributed by atoms with van der Waals surface area (Å²) in [6.45, 7) is 7.12. The van der Waals surface area contributed by atoms with Gasteiger partial charge in [-0.2, -0.15) is 0 Å². The molecule has 0 atom stereocenters. The fourth-order valence-electron chi connectivity index (χ4n) is 6.49. The van der Waals surface area contributed by atoms with E-state index in [4.69, 9.17) is 9.47 Å². The van der Waals surface area contributed by atoms with Crippen molar-refractivity contribution < 1.29 is 14.3 Å². The molecule has 0 aliphatic carbocycles. The van der Waals surface area contributed by atoms with Crippen LogP contribution < -0.4 is 9.64 Å². The van der Waals surface area contributed by atoms with Crippen molar-refractivity contribution >= 4 is 17.5 Å². The number of fused-ring (bicyclic) bond motifs is 3. The molecule has 6 heteroatoms. The minimum atomic E-state index is 0.0649. The van der Waals surface area contributed by atoms with E-state index in [1.54, 1.807) is 0 Å². The van der Waals surface area contributed by atoms with Gasteiger partial charge < -0.3 is 19.3 Å². The summed E-state index contributed by atoms with van der Waals surface area (Å²) in [6.07, 6.45) is 3.07. The fraction of sp³-hybridized carbons (Fsp3) is 0.375. The van der Waals surface area contributed by atoms with Crippen LogP contribution in [0.1, 0.15) is 45.5 Å². The van der Waals surface area contributed by atoms with Crippen LogP contribution in [0, 0.1) is 6.92 Å². The predicted octanol–water partition coefficient (Wildman–Crippen LogP) is 5.00. The number of amides is 1. The number of nitrogens with zero attached hydrogens (tertiary/aromatic N) is 3. The largest absolute Gasteiger partial charge is 0.492 e. The van der Waals surface area contributed by atoms with Gasteiger partial charge in [0, 0.05) is 34.3 Å². The van der Waals surface area contributed by atoms with Gasteiger partial charge in [-0.15, -0.1) is 0 Å². The zero-order valence-corrected chi connectivity index (χ0v) is 22.1. The second kappa shape index (κ2) is 8.98. The molecule has 3 aromatic rings. The molecular weight excluding hydrogens is 474 g/mol. The van der Waals surface area contributed by atoms with Gasteiger partial charge in [-0.25, -0.2) is 4.99 Å². The van der Waals surface area contributed by atoms with Crippen molar-refractivity contribution in [1.82, 2.24) is 4.90 Å². The Kier molecular flexibility index (Phi) is 5.55. The third kappa shape index (κ3) is 3.81. The van der Waals surface area contributed by atoms with E-state index in [-0.39, 0.29) is 11.3 Å². The summed E-state index contributed by atoms with van der Waals surface area (Å²) in [5, 5.41) is 0. The highest BCUT2D eigenvalue weighted by Gasteiger charge is 2.44. The molecule has 1 amide bonds. The zero-order chi connectivity index (χ0) is 25.9. The van der Waals surface area contributed by atoms with E-state index in [1.807, 2.05) is 17.0 Å². The molecule has 4 aliphatic rings. The first-order chi connectivity index (χ1) is 18.5. The van der Waals surface area contributed by atoms with Crippen LogP contribution in [-0.4, -0.2) is 63.1 Å². The summed E-state index contributed by atoms with van der Waals surface area (Å²) >= 11 is 0. The monoisotopic (exact) mass is 507 g/mol. The summed E-state index contributed by atoms with van der Waals surface area (Å²) in [5.74, 6) is 1.82. The molecule has 0 unspecified atom stereocenters.